The molecule has 0 saturated heterocycles. The lowest BCUT2D eigenvalue weighted by atomic mass is 9.67. The molecule has 158 valence electrons. The summed E-state index contributed by atoms with van der Waals surface area (Å²) < 4.78 is 15.0. The second-order valence-corrected chi connectivity index (χ2v) is 9.42. The maximum Gasteiger partial charge on any atom is 0.302 e. The van der Waals surface area contributed by atoms with Crippen molar-refractivity contribution in [2.45, 2.75) is 46.3 Å². The zero-order valence-corrected chi connectivity index (χ0v) is 19.6. The first-order chi connectivity index (χ1) is 14.3. The molecular formula is C24H27BrN2O3. The van der Waals surface area contributed by atoms with Gasteiger partial charge in [0.1, 0.15) is 6.10 Å². The minimum absolute atomic E-state index is 0.0381. The third-order valence-corrected chi connectivity index (χ3v) is 6.59. The number of hydrogen-bond acceptors (Lipinski definition) is 4. The number of carbonyl (C=O) groups excluding carboxylic acids is 1. The van der Waals surface area contributed by atoms with E-state index in [-0.39, 0.29) is 23.4 Å². The lowest BCUT2D eigenvalue weighted by molar-refractivity contribution is -0.145. The largest absolute Gasteiger partial charge is 0.465 e. The monoisotopic (exact) mass is 470 g/mol. The van der Waals surface area contributed by atoms with Gasteiger partial charge in [-0.1, -0.05) is 29.8 Å². The van der Waals surface area contributed by atoms with E-state index in [1.807, 2.05) is 12.3 Å². The molecule has 0 fully saturated rings. The lowest BCUT2D eigenvalue weighted by Gasteiger charge is -2.42. The maximum atomic E-state index is 11.6. The highest BCUT2D eigenvalue weighted by atomic mass is 79.9. The number of halogens is 1. The summed E-state index contributed by atoms with van der Waals surface area (Å²) in [6.07, 6.45) is 1.58. The van der Waals surface area contributed by atoms with Crippen molar-refractivity contribution in [1.82, 2.24) is 9.55 Å². The average molecular weight is 471 g/mol. The first-order valence-electron chi connectivity index (χ1n) is 10.2. The molecule has 0 bridgehead atoms. The van der Waals surface area contributed by atoms with Crippen LogP contribution in [0.15, 0.2) is 41.0 Å². The van der Waals surface area contributed by atoms with Gasteiger partial charge in [-0.3, -0.25) is 9.78 Å². The van der Waals surface area contributed by atoms with Crippen molar-refractivity contribution in [3.8, 4) is 11.3 Å². The number of pyridine rings is 1. The Morgan fingerprint density at radius 1 is 1.30 bits per heavy atom. The third kappa shape index (κ3) is 3.26. The number of benzene rings is 1. The summed E-state index contributed by atoms with van der Waals surface area (Å²) in [6.45, 7) is 9.04. The predicted molar refractivity (Wildman–Crippen MR) is 121 cm³/mol. The number of aryl methyl sites for hydroxylation is 1. The van der Waals surface area contributed by atoms with Crippen molar-refractivity contribution >= 4 is 32.8 Å². The van der Waals surface area contributed by atoms with Gasteiger partial charge in [0.05, 0.1) is 18.0 Å². The van der Waals surface area contributed by atoms with Crippen molar-refractivity contribution < 1.29 is 14.3 Å². The molecule has 2 atom stereocenters. The van der Waals surface area contributed by atoms with Crippen molar-refractivity contribution in [3.05, 3.63) is 52.3 Å². The van der Waals surface area contributed by atoms with E-state index in [2.05, 4.69) is 65.5 Å². The first-order valence-corrected chi connectivity index (χ1v) is 11.0. The Hall–Kier alpha value is -2.18. The van der Waals surface area contributed by atoms with Gasteiger partial charge in [-0.15, -0.1) is 0 Å². The fourth-order valence-corrected chi connectivity index (χ4v) is 5.23. The lowest BCUT2D eigenvalue weighted by Crippen LogP contribution is -2.36. The van der Waals surface area contributed by atoms with Gasteiger partial charge in [0, 0.05) is 59.0 Å². The topological polar surface area (TPSA) is 53.4 Å². The number of rotatable bonds is 5. The first kappa shape index (κ1) is 21.1. The Morgan fingerprint density at radius 2 is 2.07 bits per heavy atom. The smallest absolute Gasteiger partial charge is 0.302 e. The zero-order chi connectivity index (χ0) is 21.6. The summed E-state index contributed by atoms with van der Waals surface area (Å²) in [4.78, 5) is 16.3. The SMILES string of the molecule is CCn1c2c(c3cc(Br)ccc31)C(C(C)(C)COC(C)=O)[C@H](OC)c1ncccc1-2. The summed E-state index contributed by atoms with van der Waals surface area (Å²) in [7, 11) is 1.73. The van der Waals surface area contributed by atoms with Gasteiger partial charge < -0.3 is 14.0 Å². The van der Waals surface area contributed by atoms with Gasteiger partial charge in [-0.05, 0) is 42.8 Å². The van der Waals surface area contributed by atoms with E-state index in [0.29, 0.717) is 6.61 Å². The molecule has 0 aliphatic heterocycles. The second kappa shape index (κ2) is 7.82. The molecule has 0 spiro atoms. The van der Waals surface area contributed by atoms with E-state index in [4.69, 9.17) is 14.5 Å². The summed E-state index contributed by atoms with van der Waals surface area (Å²) in [5, 5.41) is 1.19. The molecule has 1 unspecified atom stereocenters. The van der Waals surface area contributed by atoms with Crippen LogP contribution in [0, 0.1) is 5.41 Å². The van der Waals surface area contributed by atoms with Crippen molar-refractivity contribution in [2.75, 3.05) is 13.7 Å². The van der Waals surface area contributed by atoms with Gasteiger partial charge in [0.15, 0.2) is 0 Å². The Labute approximate surface area is 185 Å². The molecule has 2 heterocycles. The number of fused-ring (bicyclic) bond motifs is 5. The molecule has 30 heavy (non-hydrogen) atoms. The van der Waals surface area contributed by atoms with Crippen LogP contribution in [-0.4, -0.2) is 29.2 Å². The van der Waals surface area contributed by atoms with Gasteiger partial charge in [0.25, 0.3) is 0 Å². The van der Waals surface area contributed by atoms with E-state index in [9.17, 15) is 4.79 Å². The third-order valence-electron chi connectivity index (χ3n) is 6.10. The van der Waals surface area contributed by atoms with Gasteiger partial charge in [0.2, 0.25) is 0 Å². The summed E-state index contributed by atoms with van der Waals surface area (Å²) in [6, 6.07) is 10.5. The van der Waals surface area contributed by atoms with Crippen molar-refractivity contribution in [3.63, 3.8) is 0 Å². The highest BCUT2D eigenvalue weighted by Gasteiger charge is 2.46. The summed E-state index contributed by atoms with van der Waals surface area (Å²) in [5.41, 5.74) is 5.27. The summed E-state index contributed by atoms with van der Waals surface area (Å²) in [5.74, 6) is -0.311. The van der Waals surface area contributed by atoms with Crippen LogP contribution in [0.3, 0.4) is 0 Å². The minimum Gasteiger partial charge on any atom is -0.465 e. The van der Waals surface area contributed by atoms with Crippen LogP contribution in [-0.2, 0) is 20.8 Å². The van der Waals surface area contributed by atoms with Crippen LogP contribution >= 0.6 is 15.9 Å². The average Bonchev–Trinajstić information content (AvgIpc) is 3.04. The Morgan fingerprint density at radius 3 is 2.73 bits per heavy atom. The number of aromatic nitrogens is 2. The molecule has 3 aromatic rings. The molecule has 0 radical (unpaired) electrons. The molecule has 5 nitrogen and oxygen atoms in total. The minimum atomic E-state index is -0.370. The Balaban J connectivity index is 2.07. The number of esters is 1. The van der Waals surface area contributed by atoms with Crippen LogP contribution in [0.1, 0.15) is 51.0 Å². The van der Waals surface area contributed by atoms with Crippen LogP contribution in [0.4, 0.5) is 0 Å². The van der Waals surface area contributed by atoms with E-state index >= 15 is 0 Å². The highest BCUT2D eigenvalue weighted by Crippen LogP contribution is 2.56. The van der Waals surface area contributed by atoms with Gasteiger partial charge in [-0.25, -0.2) is 0 Å². The molecule has 1 aliphatic carbocycles. The molecule has 1 aliphatic rings. The summed E-state index contributed by atoms with van der Waals surface area (Å²) >= 11 is 3.65. The number of ether oxygens (including phenoxy) is 2. The van der Waals surface area contributed by atoms with E-state index in [1.54, 1.807) is 7.11 Å². The number of hydrogen-bond donors (Lipinski definition) is 0. The van der Waals surface area contributed by atoms with Crippen molar-refractivity contribution in [2.24, 2.45) is 5.41 Å². The fourth-order valence-electron chi connectivity index (χ4n) is 4.87. The molecule has 4 rings (SSSR count). The molecular weight excluding hydrogens is 444 g/mol. The Kier molecular flexibility index (Phi) is 5.49. The normalized spacial score (nSPS) is 18.2. The second-order valence-electron chi connectivity index (χ2n) is 8.51. The quantitative estimate of drug-likeness (QED) is 0.438. The Bertz CT molecular complexity index is 1120. The zero-order valence-electron chi connectivity index (χ0n) is 18.0. The van der Waals surface area contributed by atoms with Crippen LogP contribution in [0.5, 0.6) is 0 Å². The molecule has 0 N–H and O–H groups in total. The van der Waals surface area contributed by atoms with Gasteiger partial charge in [-0.2, -0.15) is 0 Å². The van der Waals surface area contributed by atoms with E-state index in [1.165, 1.54) is 29.1 Å². The molecule has 2 aromatic heterocycles. The van der Waals surface area contributed by atoms with Crippen LogP contribution in [0.2, 0.25) is 0 Å². The maximum absolute atomic E-state index is 11.6. The highest BCUT2D eigenvalue weighted by molar-refractivity contribution is 9.10. The molecule has 6 heteroatoms. The van der Waals surface area contributed by atoms with Crippen LogP contribution < -0.4 is 0 Å². The van der Waals surface area contributed by atoms with Crippen molar-refractivity contribution in [1.29, 1.82) is 0 Å². The predicted octanol–water partition coefficient (Wildman–Crippen LogP) is 5.86. The van der Waals surface area contributed by atoms with E-state index < -0.39 is 0 Å². The number of nitrogens with zero attached hydrogens (tertiary/aromatic N) is 2. The molecule has 0 amide bonds. The van der Waals surface area contributed by atoms with E-state index in [0.717, 1.165) is 22.3 Å². The molecule has 0 saturated carbocycles. The molecule has 1 aromatic carbocycles. The number of carbonyl (C=O) groups is 1. The van der Waals surface area contributed by atoms with Gasteiger partial charge >= 0.3 is 5.97 Å². The fraction of sp³-hybridized carbons (Fsp3) is 0.417. The van der Waals surface area contributed by atoms with Crippen LogP contribution in [0.25, 0.3) is 22.2 Å². The standard InChI is InChI=1S/C24H27BrN2O3/c1-6-27-18-10-9-15(25)12-17(18)19-20(24(3,4)13-30-14(2)28)23(29-5)21-16(22(19)27)8-7-11-26-21/h7-12,20,23H,6,13H2,1-5H3/t20?,23-/m0/s1. The number of methoxy groups -OCH3 is 1.